The molecule has 3 aromatic rings. The molecule has 8 heteroatoms. The van der Waals surface area contributed by atoms with Crippen molar-refractivity contribution in [2.45, 2.75) is 39.2 Å². The van der Waals surface area contributed by atoms with Crippen molar-refractivity contribution in [3.63, 3.8) is 0 Å². The van der Waals surface area contributed by atoms with Gasteiger partial charge in [-0.05, 0) is 68.7 Å². The van der Waals surface area contributed by atoms with Crippen LogP contribution in [0.3, 0.4) is 0 Å². The second-order valence-corrected chi connectivity index (χ2v) is 8.22. The number of aromatic nitrogens is 2. The molecule has 0 fully saturated rings. The molecule has 0 amide bonds. The second kappa shape index (κ2) is 8.98. The largest absolute Gasteiger partial charge is 0.489 e. The van der Waals surface area contributed by atoms with Gasteiger partial charge in [0.2, 0.25) is 5.82 Å². The van der Waals surface area contributed by atoms with E-state index in [4.69, 9.17) is 26.0 Å². The van der Waals surface area contributed by atoms with Crippen molar-refractivity contribution >= 4 is 23.3 Å². The minimum absolute atomic E-state index is 0.0317. The fourth-order valence-corrected chi connectivity index (χ4v) is 3.94. The Morgan fingerprint density at radius 2 is 2.06 bits per heavy atom. The summed E-state index contributed by atoms with van der Waals surface area (Å²) in [6.07, 6.45) is 2.07. The van der Waals surface area contributed by atoms with Crippen molar-refractivity contribution in [3.8, 4) is 28.6 Å². The van der Waals surface area contributed by atoms with Gasteiger partial charge in [0.05, 0.1) is 17.5 Å². The number of anilines is 1. The summed E-state index contributed by atoms with van der Waals surface area (Å²) in [7, 11) is 0. The van der Waals surface area contributed by atoms with E-state index in [-0.39, 0.29) is 12.5 Å². The third-order valence-electron chi connectivity index (χ3n) is 5.12. The molecule has 0 atom stereocenters. The Bertz CT molecular complexity index is 1100. The Labute approximate surface area is 185 Å². The molecule has 0 bridgehead atoms. The number of fused-ring (bicyclic) bond motifs is 1. The highest BCUT2D eigenvalue weighted by atomic mass is 35.5. The quantitative estimate of drug-likeness (QED) is 0.547. The van der Waals surface area contributed by atoms with Crippen LogP contribution < -0.4 is 9.64 Å². The van der Waals surface area contributed by atoms with Gasteiger partial charge in [0.25, 0.3) is 5.89 Å². The van der Waals surface area contributed by atoms with E-state index >= 15 is 0 Å². The number of hydrogen-bond acceptors (Lipinski definition) is 6. The van der Waals surface area contributed by atoms with Crippen LogP contribution in [0.4, 0.5) is 5.69 Å². The molecule has 0 spiro atoms. The number of carbonyl (C=O) groups is 1. The molecule has 0 saturated heterocycles. The Hall–Kier alpha value is -3.06. The Morgan fingerprint density at radius 3 is 2.81 bits per heavy atom. The lowest BCUT2D eigenvalue weighted by Gasteiger charge is -2.31. The number of halogens is 1. The van der Waals surface area contributed by atoms with Crippen LogP contribution in [0.25, 0.3) is 22.8 Å². The lowest BCUT2D eigenvalue weighted by molar-refractivity contribution is -0.136. The number of hydrogen-bond donors (Lipinski definition) is 1. The summed E-state index contributed by atoms with van der Waals surface area (Å²) in [6.45, 7) is 5.25. The zero-order valence-electron chi connectivity index (χ0n) is 17.5. The van der Waals surface area contributed by atoms with Gasteiger partial charge in [-0.3, -0.25) is 4.79 Å². The predicted molar refractivity (Wildman–Crippen MR) is 119 cm³/mol. The molecule has 2 aromatic carbocycles. The van der Waals surface area contributed by atoms with Gasteiger partial charge in [0.15, 0.2) is 0 Å². The van der Waals surface area contributed by atoms with E-state index in [1.165, 1.54) is 0 Å². The van der Waals surface area contributed by atoms with E-state index in [1.807, 2.05) is 38.1 Å². The first-order valence-electron chi connectivity index (χ1n) is 10.3. The third kappa shape index (κ3) is 4.82. The summed E-state index contributed by atoms with van der Waals surface area (Å²) in [4.78, 5) is 17.6. The summed E-state index contributed by atoms with van der Waals surface area (Å²) in [5.41, 5.74) is 3.81. The number of rotatable bonds is 7. The highest BCUT2D eigenvalue weighted by Crippen LogP contribution is 2.33. The summed E-state index contributed by atoms with van der Waals surface area (Å²) in [6, 6.07) is 11.4. The molecule has 0 aliphatic carbocycles. The lowest BCUT2D eigenvalue weighted by Crippen LogP contribution is -2.31. The number of carboxylic acids is 1. The van der Waals surface area contributed by atoms with Crippen LogP contribution in [-0.4, -0.2) is 40.4 Å². The molecule has 7 nitrogen and oxygen atoms in total. The summed E-state index contributed by atoms with van der Waals surface area (Å²) < 4.78 is 11.2. The van der Waals surface area contributed by atoms with Gasteiger partial charge < -0.3 is 19.3 Å². The molecular formula is C23H24ClN3O4. The molecule has 162 valence electrons. The molecular weight excluding hydrogens is 418 g/mol. The van der Waals surface area contributed by atoms with E-state index < -0.39 is 5.97 Å². The first-order chi connectivity index (χ1) is 14.9. The van der Waals surface area contributed by atoms with Crippen molar-refractivity contribution in [2.24, 2.45) is 0 Å². The molecule has 0 unspecified atom stereocenters. The summed E-state index contributed by atoms with van der Waals surface area (Å²) in [5, 5.41) is 13.6. The highest BCUT2D eigenvalue weighted by molar-refractivity contribution is 6.32. The van der Waals surface area contributed by atoms with E-state index in [9.17, 15) is 4.79 Å². The molecule has 0 radical (unpaired) electrons. The number of carboxylic acid groups (broad SMARTS) is 1. The maximum absolute atomic E-state index is 10.9. The van der Waals surface area contributed by atoms with Gasteiger partial charge in [-0.2, -0.15) is 4.98 Å². The van der Waals surface area contributed by atoms with Crippen molar-refractivity contribution < 1.29 is 19.2 Å². The maximum Gasteiger partial charge on any atom is 0.305 e. The van der Waals surface area contributed by atoms with Gasteiger partial charge in [-0.1, -0.05) is 16.8 Å². The Kier molecular flexibility index (Phi) is 6.13. The number of ether oxygens (including phenoxy) is 1. The molecule has 1 aliphatic heterocycles. The van der Waals surface area contributed by atoms with Crippen LogP contribution in [-0.2, 0) is 11.2 Å². The molecule has 1 N–H and O–H groups in total. The average Bonchev–Trinajstić information content (AvgIpc) is 3.23. The average molecular weight is 442 g/mol. The Morgan fingerprint density at radius 1 is 1.26 bits per heavy atom. The van der Waals surface area contributed by atoms with Crippen LogP contribution in [0, 0.1) is 0 Å². The van der Waals surface area contributed by atoms with Gasteiger partial charge in [0, 0.05) is 29.9 Å². The topological polar surface area (TPSA) is 88.7 Å². The van der Waals surface area contributed by atoms with Gasteiger partial charge in [0.1, 0.15) is 5.75 Å². The maximum atomic E-state index is 10.9. The minimum Gasteiger partial charge on any atom is -0.489 e. The highest BCUT2D eigenvalue weighted by Gasteiger charge is 2.20. The first-order valence-corrected chi connectivity index (χ1v) is 10.7. The van der Waals surface area contributed by atoms with Crippen molar-refractivity contribution in [1.82, 2.24) is 10.1 Å². The molecule has 1 aliphatic rings. The third-order valence-corrected chi connectivity index (χ3v) is 5.41. The number of benzene rings is 2. The fourth-order valence-electron chi connectivity index (χ4n) is 3.72. The second-order valence-electron chi connectivity index (χ2n) is 7.81. The van der Waals surface area contributed by atoms with E-state index in [1.54, 1.807) is 12.1 Å². The molecule has 0 saturated carbocycles. The normalized spacial score (nSPS) is 13.4. The monoisotopic (exact) mass is 441 g/mol. The van der Waals surface area contributed by atoms with Gasteiger partial charge >= 0.3 is 5.97 Å². The minimum atomic E-state index is -0.786. The van der Waals surface area contributed by atoms with Crippen LogP contribution in [0.1, 0.15) is 32.3 Å². The van der Waals surface area contributed by atoms with E-state index in [0.717, 1.165) is 41.8 Å². The van der Waals surface area contributed by atoms with Gasteiger partial charge in [-0.15, -0.1) is 0 Å². The van der Waals surface area contributed by atoms with E-state index in [0.29, 0.717) is 29.0 Å². The van der Waals surface area contributed by atoms with Crippen LogP contribution in [0.2, 0.25) is 5.02 Å². The molecule has 4 rings (SSSR count). The predicted octanol–water partition coefficient (Wildman–Crippen LogP) is 5.07. The number of aliphatic carboxylic acids is 1. The molecule has 2 heterocycles. The first kappa shape index (κ1) is 21.2. The fraction of sp³-hybridized carbons (Fsp3) is 0.348. The lowest BCUT2D eigenvalue weighted by atomic mass is 9.99. The molecule has 31 heavy (non-hydrogen) atoms. The molecule has 1 aromatic heterocycles. The SMILES string of the molecule is CC(C)Oc1ccc(-c2noc(-c3ccc4c(c3)CCCN4CCC(=O)O)n2)cc1Cl. The van der Waals surface area contributed by atoms with Crippen LogP contribution in [0.5, 0.6) is 5.75 Å². The standard InChI is InChI=1S/C23H24ClN3O4/c1-14(2)30-20-8-6-16(13-18(20)24)22-25-23(31-26-22)17-5-7-19-15(12-17)4-3-10-27(19)11-9-21(28)29/h5-8,12-14H,3-4,9-11H2,1-2H3,(H,28,29). The van der Waals surface area contributed by atoms with Crippen LogP contribution in [0.15, 0.2) is 40.9 Å². The van der Waals surface area contributed by atoms with Gasteiger partial charge in [-0.25, -0.2) is 0 Å². The van der Waals surface area contributed by atoms with Crippen molar-refractivity contribution in [1.29, 1.82) is 0 Å². The zero-order valence-corrected chi connectivity index (χ0v) is 18.2. The summed E-state index contributed by atoms with van der Waals surface area (Å²) >= 11 is 6.33. The zero-order chi connectivity index (χ0) is 22.0. The number of nitrogens with zero attached hydrogens (tertiary/aromatic N) is 3. The smallest absolute Gasteiger partial charge is 0.305 e. The van der Waals surface area contributed by atoms with Crippen molar-refractivity contribution in [2.75, 3.05) is 18.0 Å². The van der Waals surface area contributed by atoms with Crippen molar-refractivity contribution in [3.05, 3.63) is 47.0 Å². The van der Waals surface area contributed by atoms with E-state index in [2.05, 4.69) is 15.0 Å². The summed E-state index contributed by atoms with van der Waals surface area (Å²) in [5.74, 6) is 0.713. The Balaban J connectivity index is 1.56. The van der Waals surface area contributed by atoms with Crippen LogP contribution >= 0.6 is 11.6 Å². The number of aryl methyl sites for hydroxylation is 1.